The molecule has 1 aliphatic rings. The van der Waals surface area contributed by atoms with Gasteiger partial charge in [-0.15, -0.1) is 11.3 Å². The van der Waals surface area contributed by atoms with Gasteiger partial charge >= 0.3 is 0 Å². The number of rotatable bonds is 5. The van der Waals surface area contributed by atoms with E-state index in [1.807, 2.05) is 6.92 Å². The van der Waals surface area contributed by atoms with Crippen molar-refractivity contribution in [2.75, 3.05) is 24.7 Å². The van der Waals surface area contributed by atoms with Gasteiger partial charge in [0, 0.05) is 25.2 Å². The van der Waals surface area contributed by atoms with Gasteiger partial charge in [-0.2, -0.15) is 0 Å². The van der Waals surface area contributed by atoms with E-state index in [-0.39, 0.29) is 40.0 Å². The highest BCUT2D eigenvalue weighted by molar-refractivity contribution is 7.11. The molecule has 168 valence electrons. The van der Waals surface area contributed by atoms with Crippen LogP contribution in [-0.2, 0) is 6.42 Å². The van der Waals surface area contributed by atoms with E-state index in [1.165, 1.54) is 22.0 Å². The van der Waals surface area contributed by atoms with Gasteiger partial charge in [0.05, 0.1) is 22.4 Å². The molecule has 1 aromatic carbocycles. The van der Waals surface area contributed by atoms with Crippen molar-refractivity contribution in [3.63, 3.8) is 0 Å². The van der Waals surface area contributed by atoms with E-state index in [9.17, 15) is 19.5 Å². The summed E-state index contributed by atoms with van der Waals surface area (Å²) in [7, 11) is 3.09. The first-order valence-corrected chi connectivity index (χ1v) is 11.1. The number of hydrogen-bond donors (Lipinski definition) is 3. The van der Waals surface area contributed by atoms with Crippen LogP contribution in [-0.4, -0.2) is 40.0 Å². The lowest BCUT2D eigenvalue weighted by Crippen LogP contribution is -2.41. The van der Waals surface area contributed by atoms with Crippen LogP contribution in [0.25, 0.3) is 0 Å². The minimum Gasteiger partial charge on any atom is -0.504 e. The van der Waals surface area contributed by atoms with E-state index in [2.05, 4.69) is 34.4 Å². The summed E-state index contributed by atoms with van der Waals surface area (Å²) in [4.78, 5) is 48.2. The van der Waals surface area contributed by atoms with Gasteiger partial charge in [0.25, 0.3) is 16.8 Å². The molecule has 0 aliphatic heterocycles. The second kappa shape index (κ2) is 7.70. The Morgan fingerprint density at radius 1 is 1.25 bits per heavy atom. The molecular formula is C22H25N5O4S. The third-order valence-corrected chi connectivity index (χ3v) is 6.92. The largest absolute Gasteiger partial charge is 0.504 e. The molecule has 3 aromatic rings. The Balaban J connectivity index is 1.68. The van der Waals surface area contributed by atoms with Crippen molar-refractivity contribution < 1.29 is 9.90 Å². The summed E-state index contributed by atoms with van der Waals surface area (Å²) < 4.78 is 0. The van der Waals surface area contributed by atoms with Crippen LogP contribution in [0.1, 0.15) is 52.4 Å². The van der Waals surface area contributed by atoms with E-state index in [4.69, 9.17) is 0 Å². The average molecular weight is 456 g/mol. The number of nitrogens with zero attached hydrogens (tertiary/aromatic N) is 3. The Morgan fingerprint density at radius 3 is 2.62 bits per heavy atom. The smallest absolute Gasteiger partial charge is 0.275 e. The summed E-state index contributed by atoms with van der Waals surface area (Å²) in [5.74, 6) is -0.870. The van der Waals surface area contributed by atoms with Gasteiger partial charge in [-0.1, -0.05) is 13.8 Å². The third kappa shape index (κ3) is 3.54. The molecular weight excluding hydrogens is 430 g/mol. The number of anilines is 3. The molecule has 0 saturated carbocycles. The van der Waals surface area contributed by atoms with Crippen molar-refractivity contribution in [1.29, 1.82) is 0 Å². The van der Waals surface area contributed by atoms with E-state index >= 15 is 0 Å². The highest BCUT2D eigenvalue weighted by Crippen LogP contribution is 2.47. The number of aromatic nitrogens is 2. The molecule has 1 amide bonds. The second-order valence-electron chi connectivity index (χ2n) is 8.90. The number of aromatic hydroxyl groups is 1. The van der Waals surface area contributed by atoms with Gasteiger partial charge in [0.2, 0.25) is 0 Å². The monoisotopic (exact) mass is 455 g/mol. The van der Waals surface area contributed by atoms with Crippen molar-refractivity contribution in [3.8, 4) is 5.75 Å². The molecule has 2 aromatic heterocycles. The fourth-order valence-corrected chi connectivity index (χ4v) is 4.93. The van der Waals surface area contributed by atoms with Gasteiger partial charge < -0.3 is 20.6 Å². The normalized spacial score (nSPS) is 17.1. The predicted molar refractivity (Wildman–Crippen MR) is 124 cm³/mol. The topological polar surface area (TPSA) is 125 Å². The van der Waals surface area contributed by atoms with Crippen LogP contribution in [0.4, 0.5) is 17.1 Å². The Bertz CT molecular complexity index is 1290. The van der Waals surface area contributed by atoms with Crippen LogP contribution in [0, 0.1) is 12.3 Å². The Hall–Kier alpha value is -3.27. The summed E-state index contributed by atoms with van der Waals surface area (Å²) in [6.45, 7) is 6.17. The maximum absolute atomic E-state index is 12.5. The van der Waals surface area contributed by atoms with Crippen molar-refractivity contribution >= 4 is 34.3 Å². The van der Waals surface area contributed by atoms with E-state index in [1.54, 1.807) is 25.4 Å². The first-order valence-electron chi connectivity index (χ1n) is 10.2. The minimum absolute atomic E-state index is 0.0506. The summed E-state index contributed by atoms with van der Waals surface area (Å²) >= 11 is 1.65. The zero-order valence-electron chi connectivity index (χ0n) is 18.6. The highest BCUT2D eigenvalue weighted by atomic mass is 32.1. The number of carbonyl (C=O) groups is 1. The SMILES string of the molecule is Cc1nc2c(s1)CCC(C)(C)[C@@H]2Nc1c(Nc2ccnc(C(=O)N(C)C)c2O)c(=O)c1=O. The van der Waals surface area contributed by atoms with Gasteiger partial charge in [0.15, 0.2) is 11.4 Å². The number of amides is 1. The molecule has 10 heteroatoms. The average Bonchev–Trinajstić information content (AvgIpc) is 3.12. The van der Waals surface area contributed by atoms with E-state index < -0.39 is 16.8 Å². The van der Waals surface area contributed by atoms with Crippen molar-refractivity contribution in [1.82, 2.24) is 14.9 Å². The summed E-state index contributed by atoms with van der Waals surface area (Å²) in [5.41, 5.74) is -0.411. The van der Waals surface area contributed by atoms with Gasteiger partial charge in [0.1, 0.15) is 11.4 Å². The molecule has 0 unspecified atom stereocenters. The van der Waals surface area contributed by atoms with Crippen molar-refractivity contribution in [2.24, 2.45) is 5.41 Å². The molecule has 4 rings (SSSR count). The van der Waals surface area contributed by atoms with Gasteiger partial charge in [-0.25, -0.2) is 9.97 Å². The van der Waals surface area contributed by atoms with Crippen LogP contribution in [0.2, 0.25) is 0 Å². The molecule has 9 nitrogen and oxygen atoms in total. The molecule has 1 atom stereocenters. The van der Waals surface area contributed by atoms with E-state index in [0.29, 0.717) is 0 Å². The number of thiazole rings is 1. The van der Waals surface area contributed by atoms with Crippen LogP contribution in [0.3, 0.4) is 0 Å². The standard InChI is InChI=1S/C22H25N5O4S/c1-10-24-13-12(32-10)6-8-22(2,3)20(13)26-15-14(18(29)19(15)30)25-11-7-9-23-16(17(11)28)21(31)27(4)5/h7,9,20,26,28H,6,8H2,1-5H3,(H,23,25)/t20-/m1/s1. The maximum Gasteiger partial charge on any atom is 0.275 e. The molecule has 1 aliphatic carbocycles. The number of fused-ring (bicyclic) bond motifs is 1. The van der Waals surface area contributed by atoms with Gasteiger partial charge in [-0.3, -0.25) is 14.4 Å². The van der Waals surface area contributed by atoms with Crippen molar-refractivity contribution in [2.45, 2.75) is 39.7 Å². The first kappa shape index (κ1) is 21.9. The lowest BCUT2D eigenvalue weighted by atomic mass is 9.74. The van der Waals surface area contributed by atoms with E-state index in [0.717, 1.165) is 23.5 Å². The fourth-order valence-electron chi connectivity index (χ4n) is 3.95. The Kier molecular flexibility index (Phi) is 5.28. The fraction of sp³-hybridized carbons (Fsp3) is 0.409. The molecule has 0 radical (unpaired) electrons. The Labute approximate surface area is 188 Å². The second-order valence-corrected chi connectivity index (χ2v) is 10.2. The van der Waals surface area contributed by atoms with Crippen LogP contribution in [0.5, 0.6) is 5.75 Å². The minimum atomic E-state index is -0.688. The van der Waals surface area contributed by atoms with Crippen LogP contribution in [0.15, 0.2) is 21.9 Å². The third-order valence-electron chi connectivity index (χ3n) is 5.88. The quantitative estimate of drug-likeness (QED) is 0.502. The van der Waals surface area contributed by atoms with Crippen LogP contribution >= 0.6 is 11.3 Å². The number of nitrogens with one attached hydrogen (secondary N) is 2. The zero-order valence-corrected chi connectivity index (χ0v) is 19.4. The number of carbonyl (C=O) groups excluding carboxylic acids is 1. The zero-order chi connectivity index (χ0) is 23.4. The Morgan fingerprint density at radius 2 is 1.94 bits per heavy atom. The molecule has 3 N–H and O–H groups in total. The first-order chi connectivity index (χ1) is 15.0. The molecule has 0 saturated heterocycles. The summed E-state index contributed by atoms with van der Waals surface area (Å²) in [6, 6.07) is 1.20. The van der Waals surface area contributed by atoms with Crippen LogP contribution < -0.4 is 21.5 Å². The highest BCUT2D eigenvalue weighted by Gasteiger charge is 2.40. The maximum atomic E-state index is 12.5. The summed E-state index contributed by atoms with van der Waals surface area (Å²) in [6.07, 6.45) is 3.20. The number of aryl methyl sites for hydroxylation is 2. The molecule has 32 heavy (non-hydrogen) atoms. The predicted octanol–water partition coefficient (Wildman–Crippen LogP) is 2.72. The number of hydrogen-bond acceptors (Lipinski definition) is 9. The lowest BCUT2D eigenvalue weighted by molar-refractivity contribution is 0.0819. The summed E-state index contributed by atoms with van der Waals surface area (Å²) in [5, 5.41) is 17.6. The lowest BCUT2D eigenvalue weighted by Gasteiger charge is -2.39. The molecule has 2 heterocycles. The molecule has 0 bridgehead atoms. The molecule has 0 spiro atoms. The van der Waals surface area contributed by atoms with Crippen molar-refractivity contribution in [3.05, 3.63) is 54.0 Å². The molecule has 0 fully saturated rings. The van der Waals surface area contributed by atoms with Gasteiger partial charge in [-0.05, 0) is 31.2 Å². The number of pyridine rings is 1.